The zero-order valence-electron chi connectivity index (χ0n) is 16.7. The van der Waals surface area contributed by atoms with Gasteiger partial charge in [-0.25, -0.2) is 12.7 Å². The van der Waals surface area contributed by atoms with E-state index in [2.05, 4.69) is 22.3 Å². The maximum Gasteiger partial charge on any atom is 0.251 e. The van der Waals surface area contributed by atoms with Crippen molar-refractivity contribution < 1.29 is 17.9 Å². The number of hydrogen-bond donors (Lipinski definition) is 1. The summed E-state index contributed by atoms with van der Waals surface area (Å²) >= 11 is 0. The minimum absolute atomic E-state index is 0.0335. The van der Waals surface area contributed by atoms with E-state index in [1.807, 2.05) is 25.2 Å². The highest BCUT2D eigenvalue weighted by Crippen LogP contribution is 2.26. The Labute approximate surface area is 167 Å². The van der Waals surface area contributed by atoms with Crippen LogP contribution >= 0.6 is 0 Å². The van der Waals surface area contributed by atoms with Crippen molar-refractivity contribution in [2.24, 2.45) is 0 Å². The topological polar surface area (TPSA) is 79.0 Å². The molecule has 7 nitrogen and oxygen atoms in total. The van der Waals surface area contributed by atoms with Gasteiger partial charge in [-0.2, -0.15) is 0 Å². The lowest BCUT2D eigenvalue weighted by Crippen LogP contribution is -2.33. The van der Waals surface area contributed by atoms with Crippen molar-refractivity contribution in [3.05, 3.63) is 59.7 Å². The number of rotatable bonds is 9. The Morgan fingerprint density at radius 3 is 2.36 bits per heavy atom. The molecule has 0 saturated heterocycles. The average molecular weight is 406 g/mol. The zero-order chi connectivity index (χ0) is 20.7. The number of benzene rings is 2. The molecule has 28 heavy (non-hydrogen) atoms. The van der Waals surface area contributed by atoms with Gasteiger partial charge in [0, 0.05) is 39.3 Å². The van der Waals surface area contributed by atoms with Gasteiger partial charge in [-0.3, -0.25) is 4.79 Å². The predicted octanol–water partition coefficient (Wildman–Crippen LogP) is 1.81. The number of carbonyl (C=O) groups is 1. The van der Waals surface area contributed by atoms with Crippen molar-refractivity contribution in [2.75, 3.05) is 41.3 Å². The summed E-state index contributed by atoms with van der Waals surface area (Å²) < 4.78 is 31.2. The third-order valence-corrected chi connectivity index (χ3v) is 6.10. The second kappa shape index (κ2) is 9.68. The molecule has 0 saturated carbocycles. The SMILES string of the molecule is COc1ccc(C(=O)NCCN(C)Cc2ccccc2)cc1S(=O)(=O)N(C)C. The first-order chi connectivity index (χ1) is 13.3. The van der Waals surface area contributed by atoms with Gasteiger partial charge >= 0.3 is 0 Å². The van der Waals surface area contributed by atoms with E-state index >= 15 is 0 Å². The predicted molar refractivity (Wildman–Crippen MR) is 109 cm³/mol. The molecule has 0 aliphatic carbocycles. The average Bonchev–Trinajstić information content (AvgIpc) is 2.68. The van der Waals surface area contributed by atoms with Gasteiger partial charge < -0.3 is 15.0 Å². The van der Waals surface area contributed by atoms with Crippen molar-refractivity contribution in [3.63, 3.8) is 0 Å². The highest BCUT2D eigenvalue weighted by Gasteiger charge is 2.23. The third kappa shape index (κ3) is 5.54. The largest absolute Gasteiger partial charge is 0.495 e. The Balaban J connectivity index is 2.00. The van der Waals surface area contributed by atoms with Gasteiger partial charge in [-0.05, 0) is 30.8 Å². The number of carbonyl (C=O) groups excluding carboxylic acids is 1. The second-order valence-electron chi connectivity index (χ2n) is 6.63. The summed E-state index contributed by atoms with van der Waals surface area (Å²) in [7, 11) is 2.52. The summed E-state index contributed by atoms with van der Waals surface area (Å²) in [5, 5.41) is 2.83. The Morgan fingerprint density at radius 1 is 1.07 bits per heavy atom. The fraction of sp³-hybridized carbons (Fsp3) is 0.350. The number of sulfonamides is 1. The molecule has 0 fully saturated rings. The van der Waals surface area contributed by atoms with Gasteiger partial charge in [-0.1, -0.05) is 30.3 Å². The number of likely N-dealkylation sites (N-methyl/N-ethyl adjacent to an activating group) is 1. The molecule has 0 aromatic heterocycles. The van der Waals surface area contributed by atoms with E-state index < -0.39 is 10.0 Å². The number of amides is 1. The van der Waals surface area contributed by atoms with Gasteiger partial charge in [0.05, 0.1) is 7.11 Å². The lowest BCUT2D eigenvalue weighted by atomic mass is 10.2. The maximum absolute atomic E-state index is 12.5. The number of methoxy groups -OCH3 is 1. The Kier molecular flexibility index (Phi) is 7.56. The molecular weight excluding hydrogens is 378 g/mol. The smallest absolute Gasteiger partial charge is 0.251 e. The quantitative estimate of drug-likeness (QED) is 0.688. The molecule has 0 unspecified atom stereocenters. The van der Waals surface area contributed by atoms with Gasteiger partial charge in [0.2, 0.25) is 10.0 Å². The summed E-state index contributed by atoms with van der Waals surface area (Å²) in [4.78, 5) is 14.5. The molecule has 2 aromatic rings. The first kappa shape index (κ1) is 21.9. The number of hydrogen-bond acceptors (Lipinski definition) is 5. The van der Waals surface area contributed by atoms with E-state index in [1.54, 1.807) is 6.07 Å². The number of ether oxygens (including phenoxy) is 1. The molecule has 0 bridgehead atoms. The van der Waals surface area contributed by atoms with Crippen molar-refractivity contribution in [1.82, 2.24) is 14.5 Å². The van der Waals surface area contributed by atoms with E-state index in [4.69, 9.17) is 4.74 Å². The molecule has 2 rings (SSSR count). The lowest BCUT2D eigenvalue weighted by molar-refractivity contribution is 0.0949. The molecule has 0 radical (unpaired) electrons. The van der Waals surface area contributed by atoms with Crippen LogP contribution in [-0.4, -0.2) is 64.9 Å². The van der Waals surface area contributed by atoms with Gasteiger partial charge in [-0.15, -0.1) is 0 Å². The van der Waals surface area contributed by atoms with Gasteiger partial charge in [0.1, 0.15) is 10.6 Å². The summed E-state index contributed by atoms with van der Waals surface area (Å²) in [6.07, 6.45) is 0. The van der Waals surface area contributed by atoms with Crippen LogP contribution in [0.5, 0.6) is 5.75 Å². The van der Waals surface area contributed by atoms with Crippen molar-refractivity contribution in [3.8, 4) is 5.75 Å². The summed E-state index contributed by atoms with van der Waals surface area (Å²) in [6.45, 7) is 1.90. The highest BCUT2D eigenvalue weighted by atomic mass is 32.2. The second-order valence-corrected chi connectivity index (χ2v) is 8.75. The zero-order valence-corrected chi connectivity index (χ0v) is 17.5. The first-order valence-electron chi connectivity index (χ1n) is 8.87. The Hall–Kier alpha value is -2.42. The van der Waals surface area contributed by atoms with Crippen molar-refractivity contribution in [2.45, 2.75) is 11.4 Å². The summed E-state index contributed by atoms with van der Waals surface area (Å²) in [5.74, 6) is -0.126. The summed E-state index contributed by atoms with van der Waals surface area (Å²) in [6, 6.07) is 14.5. The Morgan fingerprint density at radius 2 is 1.75 bits per heavy atom. The number of nitrogens with one attached hydrogen (secondary N) is 1. The van der Waals surface area contributed by atoms with Gasteiger partial charge in [0.25, 0.3) is 5.91 Å². The molecule has 1 amide bonds. The van der Waals surface area contributed by atoms with Gasteiger partial charge in [0.15, 0.2) is 0 Å². The normalized spacial score (nSPS) is 11.6. The van der Waals surface area contributed by atoms with Crippen LogP contribution in [0, 0.1) is 0 Å². The van der Waals surface area contributed by atoms with Crippen LogP contribution in [0.15, 0.2) is 53.4 Å². The van der Waals surface area contributed by atoms with Crippen molar-refractivity contribution >= 4 is 15.9 Å². The molecule has 0 spiro atoms. The van der Waals surface area contributed by atoms with Crippen molar-refractivity contribution in [1.29, 1.82) is 0 Å². The fourth-order valence-electron chi connectivity index (χ4n) is 2.65. The number of nitrogens with zero attached hydrogens (tertiary/aromatic N) is 2. The van der Waals surface area contributed by atoms with Crippen LogP contribution < -0.4 is 10.1 Å². The molecule has 0 aliphatic heterocycles. The van der Waals surface area contributed by atoms with Crippen LogP contribution in [0.2, 0.25) is 0 Å². The van der Waals surface area contributed by atoms with Crippen LogP contribution in [0.4, 0.5) is 0 Å². The van der Waals surface area contributed by atoms with E-state index in [9.17, 15) is 13.2 Å². The van der Waals surface area contributed by atoms with Crippen LogP contribution in [0.1, 0.15) is 15.9 Å². The molecule has 0 aliphatic rings. The minimum atomic E-state index is -3.72. The molecule has 8 heteroatoms. The Bertz CT molecular complexity index is 899. The summed E-state index contributed by atoms with van der Waals surface area (Å²) in [5.41, 5.74) is 1.47. The van der Waals surface area contributed by atoms with E-state index in [0.717, 1.165) is 10.8 Å². The molecule has 0 atom stereocenters. The molecule has 1 N–H and O–H groups in total. The fourth-order valence-corrected chi connectivity index (χ4v) is 3.73. The molecule has 152 valence electrons. The van der Waals surface area contributed by atoms with Crippen LogP contribution in [0.3, 0.4) is 0 Å². The first-order valence-corrected chi connectivity index (χ1v) is 10.3. The third-order valence-electron chi connectivity index (χ3n) is 4.26. The van der Waals surface area contributed by atoms with E-state index in [0.29, 0.717) is 13.1 Å². The molecule has 0 heterocycles. The van der Waals surface area contributed by atoms with Crippen LogP contribution in [-0.2, 0) is 16.6 Å². The maximum atomic E-state index is 12.5. The van der Waals surface area contributed by atoms with E-state index in [-0.39, 0.29) is 22.1 Å². The molecular formula is C20H27N3O4S. The minimum Gasteiger partial charge on any atom is -0.495 e. The highest BCUT2D eigenvalue weighted by molar-refractivity contribution is 7.89. The lowest BCUT2D eigenvalue weighted by Gasteiger charge is -2.18. The molecule has 2 aromatic carbocycles. The van der Waals surface area contributed by atoms with Crippen LogP contribution in [0.25, 0.3) is 0 Å². The van der Waals surface area contributed by atoms with E-state index in [1.165, 1.54) is 38.9 Å². The standard InChI is InChI=1S/C20H27N3O4S/c1-22(2)28(25,26)19-14-17(10-11-18(19)27-4)20(24)21-12-13-23(3)15-16-8-6-5-7-9-16/h5-11,14H,12-13,15H2,1-4H3,(H,21,24). The monoisotopic (exact) mass is 405 g/mol.